The lowest BCUT2D eigenvalue weighted by Crippen LogP contribution is -2.34. The summed E-state index contributed by atoms with van der Waals surface area (Å²) in [5, 5.41) is 9.74. The summed E-state index contributed by atoms with van der Waals surface area (Å²) in [7, 11) is 0. The monoisotopic (exact) mass is 245 g/mol. The number of carbonyl (C=O) groups is 1. The van der Waals surface area contributed by atoms with Crippen LogP contribution >= 0.6 is 0 Å². The number of carbonyl (C=O) groups excluding carboxylic acids is 1. The minimum absolute atomic E-state index is 0.0367. The van der Waals surface area contributed by atoms with E-state index in [1.165, 1.54) is 6.42 Å². The fourth-order valence-corrected chi connectivity index (χ4v) is 2.18. The number of amides is 1. The molecule has 1 heterocycles. The van der Waals surface area contributed by atoms with Crippen LogP contribution in [-0.4, -0.2) is 29.0 Å². The standard InChI is InChI=1S/C15H19NO2/c1-12-5-6-13(14(17)11-12)7-8-15(18)16-9-3-2-4-10-16/h5-8,11,17H,2-4,9-10H2,1H3/b8-7+. The molecule has 0 unspecified atom stereocenters. The van der Waals surface area contributed by atoms with Crippen molar-refractivity contribution in [1.82, 2.24) is 4.90 Å². The van der Waals surface area contributed by atoms with Crippen molar-refractivity contribution in [2.45, 2.75) is 26.2 Å². The zero-order valence-corrected chi connectivity index (χ0v) is 10.7. The van der Waals surface area contributed by atoms with E-state index in [1.807, 2.05) is 24.0 Å². The van der Waals surface area contributed by atoms with Gasteiger partial charge in [0.2, 0.25) is 5.91 Å². The van der Waals surface area contributed by atoms with E-state index < -0.39 is 0 Å². The molecule has 1 amide bonds. The van der Waals surface area contributed by atoms with Gasteiger partial charge >= 0.3 is 0 Å². The molecule has 1 aliphatic heterocycles. The van der Waals surface area contributed by atoms with Crippen LogP contribution in [0, 0.1) is 6.92 Å². The molecule has 0 radical (unpaired) electrons. The van der Waals surface area contributed by atoms with Crippen LogP contribution in [-0.2, 0) is 4.79 Å². The number of likely N-dealkylation sites (tertiary alicyclic amines) is 1. The molecule has 3 nitrogen and oxygen atoms in total. The summed E-state index contributed by atoms with van der Waals surface area (Å²) in [6.07, 6.45) is 6.64. The molecule has 96 valence electrons. The lowest BCUT2D eigenvalue weighted by atomic mass is 10.1. The van der Waals surface area contributed by atoms with Gasteiger partial charge in [-0.1, -0.05) is 12.1 Å². The number of rotatable bonds is 2. The van der Waals surface area contributed by atoms with Crippen LogP contribution in [0.25, 0.3) is 6.08 Å². The molecular formula is C15H19NO2. The zero-order chi connectivity index (χ0) is 13.0. The average Bonchev–Trinajstić information content (AvgIpc) is 2.38. The summed E-state index contributed by atoms with van der Waals surface area (Å²) in [4.78, 5) is 13.8. The molecule has 0 aromatic heterocycles. The van der Waals surface area contributed by atoms with E-state index in [4.69, 9.17) is 0 Å². The van der Waals surface area contributed by atoms with E-state index in [-0.39, 0.29) is 11.7 Å². The summed E-state index contributed by atoms with van der Waals surface area (Å²) >= 11 is 0. The van der Waals surface area contributed by atoms with Crippen molar-refractivity contribution in [2.75, 3.05) is 13.1 Å². The largest absolute Gasteiger partial charge is 0.507 e. The van der Waals surface area contributed by atoms with Crippen molar-refractivity contribution in [3.05, 3.63) is 35.4 Å². The second-order valence-corrected chi connectivity index (χ2v) is 4.78. The molecule has 1 aromatic rings. The second kappa shape index (κ2) is 5.71. The van der Waals surface area contributed by atoms with Crippen molar-refractivity contribution in [3.8, 4) is 5.75 Å². The first-order valence-corrected chi connectivity index (χ1v) is 6.43. The maximum absolute atomic E-state index is 11.9. The highest BCUT2D eigenvalue weighted by molar-refractivity contribution is 5.92. The Morgan fingerprint density at radius 1 is 1.28 bits per heavy atom. The molecular weight excluding hydrogens is 226 g/mol. The highest BCUT2D eigenvalue weighted by atomic mass is 16.3. The molecule has 0 bridgehead atoms. The third kappa shape index (κ3) is 3.13. The number of piperidine rings is 1. The van der Waals surface area contributed by atoms with Crippen LogP contribution in [0.15, 0.2) is 24.3 Å². The van der Waals surface area contributed by atoms with Crippen LogP contribution in [0.4, 0.5) is 0 Å². The van der Waals surface area contributed by atoms with Crippen molar-refractivity contribution in [3.63, 3.8) is 0 Å². The number of aromatic hydroxyl groups is 1. The number of hydrogen-bond donors (Lipinski definition) is 1. The van der Waals surface area contributed by atoms with Crippen LogP contribution in [0.2, 0.25) is 0 Å². The van der Waals surface area contributed by atoms with Crippen molar-refractivity contribution in [2.24, 2.45) is 0 Å². The minimum atomic E-state index is 0.0367. The zero-order valence-electron chi connectivity index (χ0n) is 10.7. The summed E-state index contributed by atoms with van der Waals surface area (Å²) < 4.78 is 0. The highest BCUT2D eigenvalue weighted by Gasteiger charge is 2.13. The molecule has 0 spiro atoms. The number of phenolic OH excluding ortho intramolecular Hbond substituents is 1. The lowest BCUT2D eigenvalue weighted by Gasteiger charge is -2.25. The molecule has 1 aromatic carbocycles. The van der Waals surface area contributed by atoms with Crippen molar-refractivity contribution in [1.29, 1.82) is 0 Å². The molecule has 1 aliphatic rings. The third-order valence-electron chi connectivity index (χ3n) is 3.26. The summed E-state index contributed by atoms with van der Waals surface area (Å²) in [6.45, 7) is 3.62. The summed E-state index contributed by atoms with van der Waals surface area (Å²) in [6, 6.07) is 5.44. The highest BCUT2D eigenvalue weighted by Crippen LogP contribution is 2.20. The van der Waals surface area contributed by atoms with Gasteiger partial charge in [-0.15, -0.1) is 0 Å². The second-order valence-electron chi connectivity index (χ2n) is 4.78. The number of nitrogens with zero attached hydrogens (tertiary/aromatic N) is 1. The summed E-state index contributed by atoms with van der Waals surface area (Å²) in [5.41, 5.74) is 1.69. The number of aryl methyl sites for hydroxylation is 1. The topological polar surface area (TPSA) is 40.5 Å². The maximum Gasteiger partial charge on any atom is 0.246 e. The first-order chi connectivity index (χ1) is 8.66. The fourth-order valence-electron chi connectivity index (χ4n) is 2.18. The molecule has 0 aliphatic carbocycles. The van der Waals surface area contributed by atoms with Crippen LogP contribution in [0.3, 0.4) is 0 Å². The van der Waals surface area contributed by atoms with Gasteiger partial charge in [0.15, 0.2) is 0 Å². The maximum atomic E-state index is 11.9. The van der Waals surface area contributed by atoms with E-state index in [1.54, 1.807) is 18.2 Å². The van der Waals surface area contributed by atoms with Crippen LogP contribution < -0.4 is 0 Å². The van der Waals surface area contributed by atoms with E-state index in [0.29, 0.717) is 5.56 Å². The van der Waals surface area contributed by atoms with Crippen molar-refractivity contribution >= 4 is 12.0 Å². The van der Waals surface area contributed by atoms with Gasteiger partial charge in [0, 0.05) is 24.7 Å². The molecule has 1 fully saturated rings. The molecule has 2 rings (SSSR count). The van der Waals surface area contributed by atoms with E-state index >= 15 is 0 Å². The van der Waals surface area contributed by atoms with Gasteiger partial charge in [0.05, 0.1) is 0 Å². The Morgan fingerprint density at radius 2 is 2.00 bits per heavy atom. The number of benzene rings is 1. The van der Waals surface area contributed by atoms with Crippen LogP contribution in [0.1, 0.15) is 30.4 Å². The Kier molecular flexibility index (Phi) is 4.03. The molecule has 0 atom stereocenters. The Hall–Kier alpha value is -1.77. The Morgan fingerprint density at radius 3 is 2.67 bits per heavy atom. The van der Waals surface area contributed by atoms with Gasteiger partial charge in [-0.2, -0.15) is 0 Å². The summed E-state index contributed by atoms with van der Waals surface area (Å²) in [5.74, 6) is 0.257. The number of phenols is 1. The fraction of sp³-hybridized carbons (Fsp3) is 0.400. The quantitative estimate of drug-likeness (QED) is 0.814. The Balaban J connectivity index is 2.03. The van der Waals surface area contributed by atoms with Crippen molar-refractivity contribution < 1.29 is 9.90 Å². The number of hydrogen-bond acceptors (Lipinski definition) is 2. The van der Waals surface area contributed by atoms with Gasteiger partial charge in [-0.05, 0) is 43.9 Å². The van der Waals surface area contributed by atoms with Crippen LogP contribution in [0.5, 0.6) is 5.75 Å². The molecule has 1 saturated heterocycles. The van der Waals surface area contributed by atoms with Gasteiger partial charge in [-0.3, -0.25) is 4.79 Å². The smallest absolute Gasteiger partial charge is 0.246 e. The minimum Gasteiger partial charge on any atom is -0.507 e. The molecule has 3 heteroatoms. The van der Waals surface area contributed by atoms with Gasteiger partial charge in [0.1, 0.15) is 5.75 Å². The normalized spacial score (nSPS) is 16.2. The van der Waals surface area contributed by atoms with E-state index in [2.05, 4.69) is 0 Å². The average molecular weight is 245 g/mol. The SMILES string of the molecule is Cc1ccc(/C=C/C(=O)N2CCCCC2)c(O)c1. The van der Waals surface area contributed by atoms with E-state index in [9.17, 15) is 9.90 Å². The Labute approximate surface area is 108 Å². The van der Waals surface area contributed by atoms with Gasteiger partial charge in [-0.25, -0.2) is 0 Å². The first kappa shape index (κ1) is 12.7. The molecule has 18 heavy (non-hydrogen) atoms. The predicted octanol–water partition coefficient (Wildman–Crippen LogP) is 2.73. The lowest BCUT2D eigenvalue weighted by molar-refractivity contribution is -0.126. The van der Waals surface area contributed by atoms with Gasteiger partial charge < -0.3 is 10.0 Å². The Bertz CT molecular complexity index is 460. The van der Waals surface area contributed by atoms with E-state index in [0.717, 1.165) is 31.5 Å². The molecule has 0 saturated carbocycles. The first-order valence-electron chi connectivity index (χ1n) is 6.43. The predicted molar refractivity (Wildman–Crippen MR) is 72.3 cm³/mol. The molecule has 1 N–H and O–H groups in total. The third-order valence-corrected chi connectivity index (χ3v) is 3.26. The van der Waals surface area contributed by atoms with Gasteiger partial charge in [0.25, 0.3) is 0 Å².